The molecule has 0 aliphatic rings. The first kappa shape index (κ1) is 40.7. The highest BCUT2D eigenvalue weighted by atomic mass is 16.5. The van der Waals surface area contributed by atoms with Crippen LogP contribution in [0, 0.1) is 0 Å². The predicted molar refractivity (Wildman–Crippen MR) is 210 cm³/mol. The smallest absolute Gasteiger partial charge is 0.326 e. The van der Waals surface area contributed by atoms with Crippen molar-refractivity contribution in [2.45, 2.75) is 103 Å². The van der Waals surface area contributed by atoms with Crippen LogP contribution in [-0.2, 0) is 21.4 Å². The first-order chi connectivity index (χ1) is 25.5. The molecule has 0 saturated carbocycles. The number of nitrogens with one attached hydrogen (secondary N) is 2. The number of carbonyl (C=O) groups excluding carboxylic acids is 2. The number of hydrogen-bond acceptors (Lipinski definition) is 7. The fourth-order valence-corrected chi connectivity index (χ4v) is 5.89. The Kier molecular flexibility index (Phi) is 15.5. The third-order valence-corrected chi connectivity index (χ3v) is 9.20. The van der Waals surface area contributed by atoms with Crippen LogP contribution < -0.4 is 21.1 Å². The van der Waals surface area contributed by atoms with Crippen LogP contribution in [0.2, 0.25) is 0 Å². The molecule has 4 rings (SSSR count). The van der Waals surface area contributed by atoms with Crippen LogP contribution in [-0.4, -0.2) is 58.1 Å². The standard InChI is InChI=1S/C43H55N5O5/c1-5-6-7-8-11-26-53-36-23-19-31(20-24-36)34-28-45-39(46-29-34)32-15-13-30(14-16-32)27-38(41(50)47-37(42(51)52)12-9-10-25-44)48-40(49)33-17-21-35(22-18-33)43(2,3)4/h13-24,28-29,37-38H,5-12,25-27,44H2,1-4H3,(H,47,50)(H,48,49)(H,51,52)/t37-,38-/m0/s1. The summed E-state index contributed by atoms with van der Waals surface area (Å²) in [5.74, 6) is -0.741. The first-order valence-corrected chi connectivity index (χ1v) is 18.8. The molecule has 282 valence electrons. The van der Waals surface area contributed by atoms with E-state index in [0.717, 1.165) is 46.6 Å². The summed E-state index contributed by atoms with van der Waals surface area (Å²) < 4.78 is 5.90. The van der Waals surface area contributed by atoms with Crippen molar-refractivity contribution in [2.75, 3.05) is 13.2 Å². The van der Waals surface area contributed by atoms with Crippen LogP contribution >= 0.6 is 0 Å². The molecule has 10 nitrogen and oxygen atoms in total. The summed E-state index contributed by atoms with van der Waals surface area (Å²) in [6, 6.07) is 20.5. The van der Waals surface area contributed by atoms with Crippen LogP contribution in [0.5, 0.6) is 5.75 Å². The maximum Gasteiger partial charge on any atom is 0.326 e. The minimum atomic E-state index is -1.14. The van der Waals surface area contributed by atoms with E-state index in [0.29, 0.717) is 30.8 Å². The highest BCUT2D eigenvalue weighted by Gasteiger charge is 2.27. The van der Waals surface area contributed by atoms with Gasteiger partial charge in [-0.25, -0.2) is 14.8 Å². The lowest BCUT2D eigenvalue weighted by Gasteiger charge is -2.22. The van der Waals surface area contributed by atoms with Crippen molar-refractivity contribution in [2.24, 2.45) is 5.73 Å². The van der Waals surface area contributed by atoms with Gasteiger partial charge in [-0.15, -0.1) is 0 Å². The molecule has 0 saturated heterocycles. The molecule has 0 aliphatic heterocycles. The molecule has 2 atom stereocenters. The second kappa shape index (κ2) is 20.2. The highest BCUT2D eigenvalue weighted by molar-refractivity contribution is 5.98. The summed E-state index contributed by atoms with van der Waals surface area (Å²) in [6.45, 7) is 9.64. The molecule has 10 heteroatoms. The molecule has 1 heterocycles. The molecule has 2 amide bonds. The predicted octanol–water partition coefficient (Wildman–Crippen LogP) is 7.50. The monoisotopic (exact) mass is 721 g/mol. The molecule has 4 aromatic rings. The number of carboxylic acids is 1. The Morgan fingerprint density at radius 3 is 2.00 bits per heavy atom. The summed E-state index contributed by atoms with van der Waals surface area (Å²) in [5, 5.41) is 15.3. The molecule has 0 spiro atoms. The Hall–Kier alpha value is -5.09. The number of hydrogen-bond donors (Lipinski definition) is 4. The van der Waals surface area contributed by atoms with Crippen molar-refractivity contribution in [3.8, 4) is 28.3 Å². The van der Waals surface area contributed by atoms with Crippen molar-refractivity contribution >= 4 is 17.8 Å². The number of unbranched alkanes of at least 4 members (excludes halogenated alkanes) is 5. The van der Waals surface area contributed by atoms with E-state index in [1.54, 1.807) is 24.5 Å². The van der Waals surface area contributed by atoms with Gasteiger partial charge < -0.3 is 26.2 Å². The number of nitrogens with zero attached hydrogens (tertiary/aromatic N) is 2. The lowest BCUT2D eigenvalue weighted by molar-refractivity contribution is -0.142. The van der Waals surface area contributed by atoms with Crippen molar-refractivity contribution in [1.82, 2.24) is 20.6 Å². The van der Waals surface area contributed by atoms with E-state index in [9.17, 15) is 19.5 Å². The summed E-state index contributed by atoms with van der Waals surface area (Å²) >= 11 is 0. The molecule has 3 aromatic carbocycles. The molecular weight excluding hydrogens is 667 g/mol. The summed E-state index contributed by atoms with van der Waals surface area (Å²) in [7, 11) is 0. The van der Waals surface area contributed by atoms with Gasteiger partial charge in [-0.1, -0.05) is 102 Å². The lowest BCUT2D eigenvalue weighted by atomic mass is 9.86. The van der Waals surface area contributed by atoms with E-state index < -0.39 is 29.9 Å². The van der Waals surface area contributed by atoms with Crippen LogP contribution in [0.25, 0.3) is 22.5 Å². The Labute approximate surface area is 314 Å². The molecular formula is C43H55N5O5. The third-order valence-electron chi connectivity index (χ3n) is 9.20. The van der Waals surface area contributed by atoms with Gasteiger partial charge in [0.25, 0.3) is 5.91 Å². The van der Waals surface area contributed by atoms with Crippen LogP contribution in [0.15, 0.2) is 85.2 Å². The number of aliphatic carboxylic acids is 1. The molecule has 0 bridgehead atoms. The molecule has 0 aliphatic carbocycles. The zero-order valence-corrected chi connectivity index (χ0v) is 31.6. The van der Waals surface area contributed by atoms with Gasteiger partial charge in [0, 0.05) is 35.5 Å². The third kappa shape index (κ3) is 12.8. The van der Waals surface area contributed by atoms with E-state index in [2.05, 4.69) is 48.3 Å². The SMILES string of the molecule is CCCCCCCOc1ccc(-c2cnc(-c3ccc(C[C@H](NC(=O)c4ccc(C(C)(C)C)cc4)C(=O)N[C@@H](CCCCN)C(=O)O)cc3)nc2)cc1. The van der Waals surface area contributed by atoms with E-state index in [-0.39, 0.29) is 18.3 Å². The molecule has 53 heavy (non-hydrogen) atoms. The molecule has 5 N–H and O–H groups in total. The van der Waals surface area contributed by atoms with Gasteiger partial charge >= 0.3 is 5.97 Å². The average Bonchev–Trinajstić information content (AvgIpc) is 3.16. The van der Waals surface area contributed by atoms with Crippen molar-refractivity contribution in [3.63, 3.8) is 0 Å². The number of amides is 2. The number of ether oxygens (including phenoxy) is 1. The van der Waals surface area contributed by atoms with Crippen LogP contribution in [0.3, 0.4) is 0 Å². The van der Waals surface area contributed by atoms with Gasteiger partial charge in [0.2, 0.25) is 5.91 Å². The Bertz CT molecular complexity index is 1730. The second-order valence-corrected chi connectivity index (χ2v) is 14.5. The minimum absolute atomic E-state index is 0.0822. The minimum Gasteiger partial charge on any atom is -0.494 e. The first-order valence-electron chi connectivity index (χ1n) is 18.8. The number of carboxylic acid groups (broad SMARTS) is 1. The van der Waals surface area contributed by atoms with Crippen molar-refractivity contribution in [3.05, 3.63) is 102 Å². The maximum absolute atomic E-state index is 13.6. The summed E-state index contributed by atoms with van der Waals surface area (Å²) in [4.78, 5) is 48.1. The maximum atomic E-state index is 13.6. The van der Waals surface area contributed by atoms with E-state index in [4.69, 9.17) is 10.5 Å². The van der Waals surface area contributed by atoms with Gasteiger partial charge in [-0.3, -0.25) is 9.59 Å². The van der Waals surface area contributed by atoms with E-state index in [1.165, 1.54) is 25.7 Å². The number of nitrogens with two attached hydrogens (primary N) is 1. The normalized spacial score (nSPS) is 12.5. The number of rotatable bonds is 20. The number of benzene rings is 3. The van der Waals surface area contributed by atoms with E-state index >= 15 is 0 Å². The van der Waals surface area contributed by atoms with Gasteiger partial charge in [-0.2, -0.15) is 0 Å². The Balaban J connectivity index is 1.43. The number of aromatic nitrogens is 2. The summed E-state index contributed by atoms with van der Waals surface area (Å²) in [6.07, 6.45) is 11.1. The molecule has 0 unspecified atom stereocenters. The summed E-state index contributed by atoms with van der Waals surface area (Å²) in [5.41, 5.74) is 10.4. The highest BCUT2D eigenvalue weighted by Crippen LogP contribution is 2.25. The topological polar surface area (TPSA) is 157 Å². The fraction of sp³-hybridized carbons (Fsp3) is 0.419. The average molecular weight is 722 g/mol. The van der Waals surface area contributed by atoms with E-state index in [1.807, 2.05) is 60.7 Å². The van der Waals surface area contributed by atoms with Gasteiger partial charge in [0.05, 0.1) is 6.61 Å². The van der Waals surface area contributed by atoms with Crippen molar-refractivity contribution in [1.29, 1.82) is 0 Å². The largest absolute Gasteiger partial charge is 0.494 e. The van der Waals surface area contributed by atoms with Gasteiger partial charge in [0.1, 0.15) is 17.8 Å². The van der Waals surface area contributed by atoms with Crippen LogP contribution in [0.4, 0.5) is 0 Å². The number of carbonyl (C=O) groups is 3. The van der Waals surface area contributed by atoms with Gasteiger partial charge in [0.15, 0.2) is 5.82 Å². The quantitative estimate of drug-likeness (QED) is 0.0684. The molecule has 0 radical (unpaired) electrons. The van der Waals surface area contributed by atoms with Crippen LogP contribution in [0.1, 0.15) is 101 Å². The zero-order chi connectivity index (χ0) is 38.2. The fourth-order valence-electron chi connectivity index (χ4n) is 5.89. The van der Waals surface area contributed by atoms with Crippen molar-refractivity contribution < 1.29 is 24.2 Å². The molecule has 1 aromatic heterocycles. The lowest BCUT2D eigenvalue weighted by Crippen LogP contribution is -2.52. The zero-order valence-electron chi connectivity index (χ0n) is 31.6. The Morgan fingerprint density at radius 2 is 1.40 bits per heavy atom. The van der Waals surface area contributed by atoms with Gasteiger partial charge in [-0.05, 0) is 78.6 Å². The Morgan fingerprint density at radius 1 is 0.755 bits per heavy atom. The molecule has 0 fully saturated rings. The second-order valence-electron chi connectivity index (χ2n) is 14.5.